The minimum absolute atomic E-state index is 0.00711. The fourth-order valence-corrected chi connectivity index (χ4v) is 2.86. The fraction of sp³-hybridized carbons (Fsp3) is 0.500. The molecule has 134 valence electrons. The van der Waals surface area contributed by atoms with Gasteiger partial charge in [-0.25, -0.2) is 0 Å². The van der Waals surface area contributed by atoms with Crippen LogP contribution in [-0.2, 0) is 20.9 Å². The van der Waals surface area contributed by atoms with Crippen molar-refractivity contribution in [2.75, 3.05) is 26.8 Å². The highest BCUT2D eigenvalue weighted by Crippen LogP contribution is 2.18. The third-order valence-electron chi connectivity index (χ3n) is 4.19. The zero-order valence-electron chi connectivity index (χ0n) is 14.4. The average Bonchev–Trinajstić information content (AvgIpc) is 3.14. The van der Waals surface area contributed by atoms with E-state index in [1.54, 1.807) is 7.11 Å². The van der Waals surface area contributed by atoms with E-state index in [1.165, 1.54) is 0 Å². The molecule has 1 aromatic carbocycles. The van der Waals surface area contributed by atoms with Gasteiger partial charge in [0, 0.05) is 25.8 Å². The van der Waals surface area contributed by atoms with Gasteiger partial charge in [0.2, 0.25) is 11.7 Å². The van der Waals surface area contributed by atoms with E-state index < -0.39 is 0 Å². The first kappa shape index (κ1) is 17.6. The lowest BCUT2D eigenvalue weighted by atomic mass is 10.1. The molecule has 1 aliphatic heterocycles. The second-order valence-electron chi connectivity index (χ2n) is 6.04. The molecule has 0 spiro atoms. The molecule has 1 atom stereocenters. The highest BCUT2D eigenvalue weighted by Gasteiger charge is 2.24. The topological polar surface area (TPSA) is 77.7 Å². The molecule has 0 radical (unpaired) electrons. The standard InChI is InChI=1S/C18H23N3O4/c1-23-11-9-17(22)21-10-5-8-15(12-21)24-13-16-19-18(20-25-16)14-6-3-2-4-7-14/h2-4,6-7,15H,5,8-13H2,1H3/t15-/m0/s1. The van der Waals surface area contributed by atoms with Gasteiger partial charge in [-0.15, -0.1) is 0 Å². The van der Waals surface area contributed by atoms with Gasteiger partial charge in [0.1, 0.15) is 6.61 Å². The summed E-state index contributed by atoms with van der Waals surface area (Å²) in [5.41, 5.74) is 0.907. The number of carbonyl (C=O) groups excluding carboxylic acids is 1. The second-order valence-corrected chi connectivity index (χ2v) is 6.04. The van der Waals surface area contributed by atoms with Crippen molar-refractivity contribution in [1.29, 1.82) is 0 Å². The number of aromatic nitrogens is 2. The van der Waals surface area contributed by atoms with Crippen molar-refractivity contribution in [3.8, 4) is 11.4 Å². The van der Waals surface area contributed by atoms with Crippen LogP contribution in [-0.4, -0.2) is 53.9 Å². The first-order chi connectivity index (χ1) is 12.3. The van der Waals surface area contributed by atoms with E-state index in [-0.39, 0.29) is 18.6 Å². The Labute approximate surface area is 146 Å². The number of carbonyl (C=O) groups is 1. The number of likely N-dealkylation sites (tertiary alicyclic amines) is 1. The van der Waals surface area contributed by atoms with Crippen LogP contribution >= 0.6 is 0 Å². The van der Waals surface area contributed by atoms with Crippen LogP contribution in [0.2, 0.25) is 0 Å². The first-order valence-corrected chi connectivity index (χ1v) is 8.52. The summed E-state index contributed by atoms with van der Waals surface area (Å²) in [6.45, 7) is 2.08. The van der Waals surface area contributed by atoms with Gasteiger partial charge >= 0.3 is 0 Å². The van der Waals surface area contributed by atoms with E-state index in [1.807, 2.05) is 35.2 Å². The Balaban J connectivity index is 1.50. The van der Waals surface area contributed by atoms with Gasteiger partial charge in [0.25, 0.3) is 5.89 Å². The van der Waals surface area contributed by atoms with E-state index in [0.717, 1.165) is 24.9 Å². The zero-order chi connectivity index (χ0) is 17.5. The van der Waals surface area contributed by atoms with Crippen molar-refractivity contribution in [2.45, 2.75) is 32.0 Å². The number of hydrogen-bond acceptors (Lipinski definition) is 6. The number of methoxy groups -OCH3 is 1. The van der Waals surface area contributed by atoms with Gasteiger partial charge in [-0.3, -0.25) is 4.79 Å². The largest absolute Gasteiger partial charge is 0.384 e. The summed E-state index contributed by atoms with van der Waals surface area (Å²) in [6.07, 6.45) is 2.26. The molecule has 2 heterocycles. The molecule has 0 bridgehead atoms. The molecule has 1 fully saturated rings. The summed E-state index contributed by atoms with van der Waals surface area (Å²) >= 11 is 0. The monoisotopic (exact) mass is 345 g/mol. The number of piperidine rings is 1. The van der Waals surface area contributed by atoms with E-state index in [9.17, 15) is 4.79 Å². The summed E-state index contributed by atoms with van der Waals surface area (Å²) in [5, 5.41) is 3.98. The number of nitrogens with zero attached hydrogens (tertiary/aromatic N) is 3. The SMILES string of the molecule is COCCC(=O)N1CCC[C@H](OCc2nc(-c3ccccc3)no2)C1. The van der Waals surface area contributed by atoms with Crippen LogP contribution in [0.1, 0.15) is 25.2 Å². The van der Waals surface area contributed by atoms with Gasteiger partial charge in [-0.1, -0.05) is 35.5 Å². The number of hydrogen-bond donors (Lipinski definition) is 0. The maximum absolute atomic E-state index is 12.1. The normalized spacial score (nSPS) is 17.6. The van der Waals surface area contributed by atoms with Crippen LogP contribution in [0.25, 0.3) is 11.4 Å². The number of benzene rings is 1. The van der Waals surface area contributed by atoms with Gasteiger partial charge in [0.05, 0.1) is 19.1 Å². The summed E-state index contributed by atoms with van der Waals surface area (Å²) in [7, 11) is 1.60. The third kappa shape index (κ3) is 4.87. The van der Waals surface area contributed by atoms with Crippen molar-refractivity contribution in [3.05, 3.63) is 36.2 Å². The predicted molar refractivity (Wildman–Crippen MR) is 90.6 cm³/mol. The molecule has 0 unspecified atom stereocenters. The van der Waals surface area contributed by atoms with Gasteiger partial charge in [-0.05, 0) is 12.8 Å². The zero-order valence-corrected chi connectivity index (χ0v) is 14.4. The molecule has 1 aromatic heterocycles. The maximum atomic E-state index is 12.1. The Hall–Kier alpha value is -2.25. The molecule has 1 aliphatic rings. The smallest absolute Gasteiger partial charge is 0.252 e. The highest BCUT2D eigenvalue weighted by molar-refractivity contribution is 5.76. The van der Waals surface area contributed by atoms with Crippen LogP contribution in [0.15, 0.2) is 34.9 Å². The van der Waals surface area contributed by atoms with Crippen LogP contribution in [0.5, 0.6) is 0 Å². The van der Waals surface area contributed by atoms with Gasteiger partial charge in [-0.2, -0.15) is 4.98 Å². The number of rotatable bonds is 7. The van der Waals surface area contributed by atoms with Crippen molar-refractivity contribution >= 4 is 5.91 Å². The number of ether oxygens (including phenoxy) is 2. The lowest BCUT2D eigenvalue weighted by Crippen LogP contribution is -2.43. The molecule has 1 amide bonds. The predicted octanol–water partition coefficient (Wildman–Crippen LogP) is 2.28. The minimum atomic E-state index is -0.00711. The quantitative estimate of drug-likeness (QED) is 0.766. The Morgan fingerprint density at radius 3 is 3.00 bits per heavy atom. The molecule has 0 N–H and O–H groups in total. The second kappa shape index (κ2) is 8.73. The lowest BCUT2D eigenvalue weighted by molar-refractivity contribution is -0.136. The van der Waals surface area contributed by atoms with Crippen LogP contribution in [0.4, 0.5) is 0 Å². The van der Waals surface area contributed by atoms with Crippen molar-refractivity contribution in [2.24, 2.45) is 0 Å². The molecule has 3 rings (SSSR count). The van der Waals surface area contributed by atoms with Crippen molar-refractivity contribution in [1.82, 2.24) is 15.0 Å². The Kier molecular flexibility index (Phi) is 6.14. The first-order valence-electron chi connectivity index (χ1n) is 8.52. The van der Waals surface area contributed by atoms with Gasteiger partial charge < -0.3 is 18.9 Å². The van der Waals surface area contributed by atoms with E-state index in [4.69, 9.17) is 14.0 Å². The van der Waals surface area contributed by atoms with Gasteiger partial charge in [0.15, 0.2) is 0 Å². The van der Waals surface area contributed by atoms with E-state index in [2.05, 4.69) is 10.1 Å². The lowest BCUT2D eigenvalue weighted by Gasteiger charge is -2.32. The van der Waals surface area contributed by atoms with Crippen LogP contribution < -0.4 is 0 Å². The number of amides is 1. The molecule has 2 aromatic rings. The summed E-state index contributed by atoms with van der Waals surface area (Å²) < 4.78 is 16.1. The third-order valence-corrected chi connectivity index (χ3v) is 4.19. The Morgan fingerprint density at radius 1 is 1.36 bits per heavy atom. The Bertz CT molecular complexity index is 674. The maximum Gasteiger partial charge on any atom is 0.252 e. The Morgan fingerprint density at radius 2 is 2.20 bits per heavy atom. The van der Waals surface area contributed by atoms with E-state index >= 15 is 0 Å². The van der Waals surface area contributed by atoms with Crippen LogP contribution in [0.3, 0.4) is 0 Å². The van der Waals surface area contributed by atoms with Crippen LogP contribution in [0, 0.1) is 0 Å². The molecule has 7 nitrogen and oxygen atoms in total. The molecule has 0 aliphatic carbocycles. The molecule has 7 heteroatoms. The highest BCUT2D eigenvalue weighted by atomic mass is 16.5. The molecule has 1 saturated heterocycles. The molecule has 0 saturated carbocycles. The fourth-order valence-electron chi connectivity index (χ4n) is 2.86. The molecule has 25 heavy (non-hydrogen) atoms. The average molecular weight is 345 g/mol. The van der Waals surface area contributed by atoms with Crippen molar-refractivity contribution in [3.63, 3.8) is 0 Å². The minimum Gasteiger partial charge on any atom is -0.384 e. The summed E-state index contributed by atoms with van der Waals surface area (Å²) in [5.74, 6) is 1.11. The summed E-state index contributed by atoms with van der Waals surface area (Å²) in [6, 6.07) is 9.66. The molecular weight excluding hydrogens is 322 g/mol. The van der Waals surface area contributed by atoms with E-state index in [0.29, 0.717) is 31.3 Å². The molecular formula is C18H23N3O4. The summed E-state index contributed by atoms with van der Waals surface area (Å²) in [4.78, 5) is 18.3. The van der Waals surface area contributed by atoms with Crippen molar-refractivity contribution < 1.29 is 18.8 Å².